The smallest absolute Gasteiger partial charge is 0.271 e. The number of hydrogen-bond acceptors (Lipinski definition) is 5. The number of nitrogens with one attached hydrogen (secondary N) is 2. The van der Waals surface area contributed by atoms with E-state index in [0.717, 1.165) is 0 Å². The number of carbonyl (C=O) groups excluding carboxylic acids is 1. The highest BCUT2D eigenvalue weighted by molar-refractivity contribution is 7.98. The Morgan fingerprint density at radius 3 is 2.65 bits per heavy atom. The van der Waals surface area contributed by atoms with Crippen LogP contribution in [0.2, 0.25) is 0 Å². The molecule has 0 spiro atoms. The quantitative estimate of drug-likeness (QED) is 0.414. The summed E-state index contributed by atoms with van der Waals surface area (Å²) in [5.74, 6) is -0.607. The third-order valence-corrected chi connectivity index (χ3v) is 4.70. The third-order valence-electron chi connectivity index (χ3n) is 3.99. The Labute approximate surface area is 152 Å². The fourth-order valence-corrected chi connectivity index (χ4v) is 3.22. The van der Waals surface area contributed by atoms with Crippen molar-refractivity contribution in [1.82, 2.24) is 4.98 Å². The van der Waals surface area contributed by atoms with Crippen LogP contribution in [-0.2, 0) is 0 Å². The molecule has 0 fully saturated rings. The zero-order valence-electron chi connectivity index (χ0n) is 14.0. The van der Waals surface area contributed by atoms with Crippen LogP contribution >= 0.6 is 11.8 Å². The van der Waals surface area contributed by atoms with E-state index in [1.54, 1.807) is 43.5 Å². The molecular weight excluding hydrogens is 354 g/mol. The molecule has 26 heavy (non-hydrogen) atoms. The number of non-ortho nitro benzene ring substituents is 1. The molecule has 0 bridgehead atoms. The zero-order valence-corrected chi connectivity index (χ0v) is 14.8. The summed E-state index contributed by atoms with van der Waals surface area (Å²) in [4.78, 5) is 39.1. The normalized spacial score (nSPS) is 10.7. The topological polar surface area (TPSA) is 105 Å². The van der Waals surface area contributed by atoms with E-state index in [9.17, 15) is 19.7 Å². The van der Waals surface area contributed by atoms with Crippen molar-refractivity contribution in [2.45, 2.75) is 11.9 Å². The maximum atomic E-state index is 12.8. The van der Waals surface area contributed by atoms with Crippen molar-refractivity contribution in [3.8, 4) is 0 Å². The van der Waals surface area contributed by atoms with Gasteiger partial charge in [-0.05, 0) is 30.9 Å². The Kier molecular flexibility index (Phi) is 4.77. The maximum absolute atomic E-state index is 12.8. The monoisotopic (exact) mass is 369 g/mol. The number of pyridine rings is 1. The van der Waals surface area contributed by atoms with Crippen molar-refractivity contribution in [2.75, 3.05) is 11.6 Å². The lowest BCUT2D eigenvalue weighted by Crippen LogP contribution is -2.24. The van der Waals surface area contributed by atoms with Gasteiger partial charge in [-0.15, -0.1) is 11.8 Å². The summed E-state index contributed by atoms with van der Waals surface area (Å²) in [7, 11) is 0. The number of thioether (sulfide) groups is 1. The molecule has 1 heterocycles. The number of aromatic amines is 1. The van der Waals surface area contributed by atoms with E-state index >= 15 is 0 Å². The van der Waals surface area contributed by atoms with Crippen LogP contribution in [0.5, 0.6) is 0 Å². The average molecular weight is 369 g/mol. The molecule has 0 aliphatic carbocycles. The van der Waals surface area contributed by atoms with Gasteiger partial charge in [0.1, 0.15) is 5.56 Å². The number of nitro benzene ring substituents is 1. The Bertz CT molecular complexity index is 1090. The Morgan fingerprint density at radius 2 is 1.96 bits per heavy atom. The Balaban J connectivity index is 2.09. The summed E-state index contributed by atoms with van der Waals surface area (Å²) in [6, 6.07) is 11.1. The van der Waals surface area contributed by atoms with Crippen LogP contribution in [0.1, 0.15) is 15.9 Å². The summed E-state index contributed by atoms with van der Waals surface area (Å²) in [6.07, 6.45) is 1.76. The number of amides is 1. The van der Waals surface area contributed by atoms with Crippen molar-refractivity contribution in [3.05, 3.63) is 73.9 Å². The van der Waals surface area contributed by atoms with Crippen LogP contribution in [0.4, 0.5) is 11.4 Å². The number of fused-ring (bicyclic) bond motifs is 1. The van der Waals surface area contributed by atoms with E-state index in [4.69, 9.17) is 0 Å². The number of hydrogen-bond donors (Lipinski definition) is 2. The summed E-state index contributed by atoms with van der Waals surface area (Å²) >= 11 is 1.25. The van der Waals surface area contributed by atoms with E-state index in [1.807, 2.05) is 0 Å². The minimum absolute atomic E-state index is 0.0119. The van der Waals surface area contributed by atoms with Crippen LogP contribution in [0, 0.1) is 17.0 Å². The standard InChI is InChI=1S/C18H15N3O4S/c1-10-7-8-11(21(24)25)9-14(10)19-17(23)15-16(22)12-5-3-4-6-13(12)20-18(15)26-2/h3-9H,1-2H3,(H,19,23)(H,20,22). The number of nitro groups is 1. The second kappa shape index (κ2) is 7.01. The zero-order chi connectivity index (χ0) is 18.8. The fourth-order valence-electron chi connectivity index (χ4n) is 2.62. The number of aromatic nitrogens is 1. The fraction of sp³-hybridized carbons (Fsp3) is 0.111. The van der Waals surface area contributed by atoms with Crippen molar-refractivity contribution in [2.24, 2.45) is 0 Å². The van der Waals surface area contributed by atoms with Crippen molar-refractivity contribution >= 4 is 39.9 Å². The number of H-pyrrole nitrogens is 1. The molecule has 1 amide bonds. The summed E-state index contributed by atoms with van der Waals surface area (Å²) < 4.78 is 0. The van der Waals surface area contributed by atoms with Crippen LogP contribution in [0.15, 0.2) is 52.3 Å². The highest BCUT2D eigenvalue weighted by atomic mass is 32.2. The molecular formula is C18H15N3O4S. The van der Waals surface area contributed by atoms with Gasteiger partial charge in [0.2, 0.25) is 5.43 Å². The number of aryl methyl sites for hydroxylation is 1. The van der Waals surface area contributed by atoms with Gasteiger partial charge in [0.05, 0.1) is 21.2 Å². The van der Waals surface area contributed by atoms with Gasteiger partial charge in [-0.2, -0.15) is 0 Å². The van der Waals surface area contributed by atoms with Gasteiger partial charge in [-0.25, -0.2) is 0 Å². The second-order valence-electron chi connectivity index (χ2n) is 5.62. The van der Waals surface area contributed by atoms with Crippen molar-refractivity contribution in [1.29, 1.82) is 0 Å². The van der Waals surface area contributed by atoms with Crippen LogP contribution in [0.25, 0.3) is 10.9 Å². The Hall–Kier alpha value is -3.13. The van der Waals surface area contributed by atoms with Gasteiger partial charge in [0.25, 0.3) is 11.6 Å². The lowest BCUT2D eigenvalue weighted by molar-refractivity contribution is -0.384. The molecule has 7 nitrogen and oxygen atoms in total. The molecule has 1 aromatic heterocycles. The summed E-state index contributed by atoms with van der Waals surface area (Å²) in [6.45, 7) is 1.72. The summed E-state index contributed by atoms with van der Waals surface area (Å²) in [5, 5.41) is 14.4. The van der Waals surface area contributed by atoms with Gasteiger partial charge in [-0.1, -0.05) is 18.2 Å². The minimum atomic E-state index is -0.607. The van der Waals surface area contributed by atoms with E-state index in [0.29, 0.717) is 27.2 Å². The highest BCUT2D eigenvalue weighted by Gasteiger charge is 2.20. The summed E-state index contributed by atoms with van der Waals surface area (Å²) in [5.41, 5.74) is 1.07. The largest absolute Gasteiger partial charge is 0.349 e. The molecule has 3 aromatic rings. The van der Waals surface area contributed by atoms with Crippen molar-refractivity contribution in [3.63, 3.8) is 0 Å². The first-order valence-corrected chi connectivity index (χ1v) is 8.90. The average Bonchev–Trinajstić information content (AvgIpc) is 2.63. The SMILES string of the molecule is CSc1[nH]c2ccccc2c(=O)c1C(=O)Nc1cc([N+](=O)[O-])ccc1C. The van der Waals surface area contributed by atoms with Gasteiger partial charge in [0.15, 0.2) is 0 Å². The van der Waals surface area contributed by atoms with E-state index in [2.05, 4.69) is 10.3 Å². The molecule has 3 rings (SSSR count). The first-order valence-electron chi connectivity index (χ1n) is 7.67. The van der Waals surface area contributed by atoms with Gasteiger partial charge in [-0.3, -0.25) is 19.7 Å². The number of benzene rings is 2. The molecule has 0 saturated heterocycles. The molecule has 8 heteroatoms. The lowest BCUT2D eigenvalue weighted by atomic mass is 10.1. The highest BCUT2D eigenvalue weighted by Crippen LogP contribution is 2.24. The molecule has 0 radical (unpaired) electrons. The third kappa shape index (κ3) is 3.18. The van der Waals surface area contributed by atoms with Crippen molar-refractivity contribution < 1.29 is 9.72 Å². The van der Waals surface area contributed by atoms with E-state index in [-0.39, 0.29) is 16.7 Å². The van der Waals surface area contributed by atoms with Crippen LogP contribution < -0.4 is 10.7 Å². The number of para-hydroxylation sites is 1. The van der Waals surface area contributed by atoms with Gasteiger partial charge in [0, 0.05) is 17.5 Å². The maximum Gasteiger partial charge on any atom is 0.271 e. The molecule has 0 unspecified atom stereocenters. The lowest BCUT2D eigenvalue weighted by Gasteiger charge is -2.11. The predicted octanol–water partition coefficient (Wildman–Crippen LogP) is 3.72. The predicted molar refractivity (Wildman–Crippen MR) is 102 cm³/mol. The molecule has 132 valence electrons. The molecule has 0 aliphatic heterocycles. The van der Waals surface area contributed by atoms with Crippen LogP contribution in [-0.4, -0.2) is 22.1 Å². The number of carbonyl (C=O) groups is 1. The first kappa shape index (κ1) is 17.7. The van der Waals surface area contributed by atoms with Gasteiger partial charge >= 0.3 is 0 Å². The number of rotatable bonds is 4. The molecule has 0 aliphatic rings. The van der Waals surface area contributed by atoms with E-state index < -0.39 is 10.8 Å². The number of nitrogens with zero attached hydrogens (tertiary/aromatic N) is 1. The van der Waals surface area contributed by atoms with Crippen LogP contribution in [0.3, 0.4) is 0 Å². The first-order chi connectivity index (χ1) is 12.4. The molecule has 0 atom stereocenters. The molecule has 2 aromatic carbocycles. The minimum Gasteiger partial charge on any atom is -0.349 e. The molecule has 2 N–H and O–H groups in total. The Morgan fingerprint density at radius 1 is 1.23 bits per heavy atom. The van der Waals surface area contributed by atoms with Gasteiger partial charge < -0.3 is 10.3 Å². The number of anilines is 1. The van der Waals surface area contributed by atoms with E-state index in [1.165, 1.54) is 23.9 Å². The second-order valence-corrected chi connectivity index (χ2v) is 6.43. The molecule has 0 saturated carbocycles.